The molecule has 24 heavy (non-hydrogen) atoms. The van der Waals surface area contributed by atoms with Gasteiger partial charge in [-0.3, -0.25) is 0 Å². The van der Waals surface area contributed by atoms with Gasteiger partial charge in [-0.1, -0.05) is 22.0 Å². The molecule has 6 nitrogen and oxygen atoms in total. The number of ether oxygens (including phenoxy) is 2. The minimum absolute atomic E-state index is 0.285. The van der Waals surface area contributed by atoms with Gasteiger partial charge in [0.15, 0.2) is 11.5 Å². The molecular weight excluding hydrogens is 374 g/mol. The molecule has 7 heteroatoms. The molecule has 0 unspecified atom stereocenters. The number of aromatic nitrogens is 2. The van der Waals surface area contributed by atoms with Crippen LogP contribution < -0.4 is 14.8 Å². The van der Waals surface area contributed by atoms with Crippen molar-refractivity contribution in [2.24, 2.45) is 0 Å². The minimum atomic E-state index is 0.285. The highest BCUT2D eigenvalue weighted by molar-refractivity contribution is 9.10. The molecule has 2 heterocycles. The largest absolute Gasteiger partial charge is 0.454 e. The van der Waals surface area contributed by atoms with Crippen LogP contribution in [0.1, 0.15) is 11.5 Å². The highest BCUT2D eigenvalue weighted by Crippen LogP contribution is 2.32. The number of hydrogen-bond acceptors (Lipinski definition) is 6. The summed E-state index contributed by atoms with van der Waals surface area (Å²) in [6.07, 6.45) is 0. The van der Waals surface area contributed by atoms with Gasteiger partial charge in [0.1, 0.15) is 0 Å². The summed E-state index contributed by atoms with van der Waals surface area (Å²) in [5.41, 5.74) is 2.00. The Morgan fingerprint density at radius 3 is 2.67 bits per heavy atom. The van der Waals surface area contributed by atoms with E-state index >= 15 is 0 Å². The zero-order valence-electron chi connectivity index (χ0n) is 12.7. The zero-order valence-corrected chi connectivity index (χ0v) is 14.2. The lowest BCUT2D eigenvalue weighted by molar-refractivity contribution is 0.174. The number of rotatable bonds is 5. The van der Waals surface area contributed by atoms with Crippen LogP contribution in [0.15, 0.2) is 51.4 Å². The van der Waals surface area contributed by atoms with Gasteiger partial charge in [-0.15, -0.1) is 10.2 Å². The fourth-order valence-corrected chi connectivity index (χ4v) is 2.66. The Kier molecular flexibility index (Phi) is 4.18. The fourth-order valence-electron chi connectivity index (χ4n) is 2.40. The van der Waals surface area contributed by atoms with E-state index in [1.54, 1.807) is 0 Å². The first-order valence-electron chi connectivity index (χ1n) is 7.45. The van der Waals surface area contributed by atoms with Crippen LogP contribution in [0.2, 0.25) is 0 Å². The minimum Gasteiger partial charge on any atom is -0.454 e. The average molecular weight is 388 g/mol. The molecule has 1 N–H and O–H groups in total. The summed E-state index contributed by atoms with van der Waals surface area (Å²) in [7, 11) is 0. The van der Waals surface area contributed by atoms with Crippen molar-refractivity contribution < 1.29 is 13.9 Å². The third-order valence-corrected chi connectivity index (χ3v) is 4.13. The predicted molar refractivity (Wildman–Crippen MR) is 90.5 cm³/mol. The third-order valence-electron chi connectivity index (χ3n) is 3.60. The quantitative estimate of drug-likeness (QED) is 0.722. The molecule has 0 amide bonds. The molecule has 0 aliphatic carbocycles. The third kappa shape index (κ3) is 3.27. The van der Waals surface area contributed by atoms with Crippen LogP contribution in [-0.2, 0) is 13.1 Å². The fraction of sp³-hybridized carbons (Fsp3) is 0.176. The van der Waals surface area contributed by atoms with Crippen molar-refractivity contribution in [3.63, 3.8) is 0 Å². The molecule has 0 fully saturated rings. The zero-order chi connectivity index (χ0) is 16.4. The second-order valence-electron chi connectivity index (χ2n) is 5.30. The van der Waals surface area contributed by atoms with Gasteiger partial charge in [-0.2, -0.15) is 0 Å². The van der Waals surface area contributed by atoms with Gasteiger partial charge in [0.2, 0.25) is 18.6 Å². The molecule has 2 aromatic carbocycles. The lowest BCUT2D eigenvalue weighted by Gasteiger charge is -2.03. The van der Waals surface area contributed by atoms with Crippen LogP contribution in [0.3, 0.4) is 0 Å². The topological polar surface area (TPSA) is 69.4 Å². The Bertz CT molecular complexity index is 849. The molecule has 0 radical (unpaired) electrons. The van der Waals surface area contributed by atoms with E-state index in [9.17, 15) is 0 Å². The number of nitrogens with one attached hydrogen (secondary N) is 1. The Balaban J connectivity index is 1.36. The van der Waals surface area contributed by atoms with Gasteiger partial charge in [0.25, 0.3) is 0 Å². The van der Waals surface area contributed by atoms with E-state index in [0.29, 0.717) is 24.9 Å². The van der Waals surface area contributed by atoms with Crippen molar-refractivity contribution in [2.45, 2.75) is 13.1 Å². The van der Waals surface area contributed by atoms with Crippen LogP contribution in [0, 0.1) is 0 Å². The van der Waals surface area contributed by atoms with E-state index in [1.807, 2.05) is 42.5 Å². The lowest BCUT2D eigenvalue weighted by Crippen LogP contribution is -2.12. The van der Waals surface area contributed by atoms with Gasteiger partial charge in [-0.25, -0.2) is 0 Å². The Morgan fingerprint density at radius 1 is 0.958 bits per heavy atom. The number of halogens is 1. The van der Waals surface area contributed by atoms with Crippen molar-refractivity contribution in [3.05, 3.63) is 58.4 Å². The van der Waals surface area contributed by atoms with E-state index in [-0.39, 0.29) is 6.79 Å². The number of fused-ring (bicyclic) bond motifs is 1. The Hall–Kier alpha value is -2.38. The summed E-state index contributed by atoms with van der Waals surface area (Å²) in [4.78, 5) is 0. The molecule has 0 saturated heterocycles. The summed E-state index contributed by atoms with van der Waals surface area (Å²) in [5.74, 6) is 2.63. The molecule has 1 aliphatic rings. The second-order valence-corrected chi connectivity index (χ2v) is 6.21. The molecule has 0 spiro atoms. The van der Waals surface area contributed by atoms with Crippen molar-refractivity contribution in [1.82, 2.24) is 15.5 Å². The maximum absolute atomic E-state index is 5.68. The van der Waals surface area contributed by atoms with E-state index in [1.165, 1.54) is 0 Å². The highest BCUT2D eigenvalue weighted by Gasteiger charge is 2.13. The Morgan fingerprint density at radius 2 is 1.79 bits per heavy atom. The van der Waals surface area contributed by atoms with Crippen molar-refractivity contribution in [2.75, 3.05) is 6.79 Å². The van der Waals surface area contributed by atoms with E-state index in [2.05, 4.69) is 31.4 Å². The Labute approximate surface area is 146 Å². The van der Waals surface area contributed by atoms with Crippen LogP contribution in [0.25, 0.3) is 11.5 Å². The molecule has 4 rings (SSSR count). The van der Waals surface area contributed by atoms with E-state index in [4.69, 9.17) is 13.9 Å². The van der Waals surface area contributed by atoms with Gasteiger partial charge < -0.3 is 19.2 Å². The van der Waals surface area contributed by atoms with E-state index < -0.39 is 0 Å². The molecule has 122 valence electrons. The van der Waals surface area contributed by atoms with Gasteiger partial charge in [0.05, 0.1) is 6.54 Å². The van der Waals surface area contributed by atoms with Crippen molar-refractivity contribution in [1.29, 1.82) is 0 Å². The molecule has 3 aromatic rings. The summed E-state index contributed by atoms with van der Waals surface area (Å²) >= 11 is 3.40. The SMILES string of the molecule is Brc1ccc(-c2nnc(CNCc3ccc4c(c3)OCO4)o2)cc1. The van der Waals surface area contributed by atoms with Crippen molar-refractivity contribution in [3.8, 4) is 23.0 Å². The molecule has 0 saturated carbocycles. The van der Waals surface area contributed by atoms with Crippen LogP contribution in [-0.4, -0.2) is 17.0 Å². The van der Waals surface area contributed by atoms with Gasteiger partial charge in [-0.05, 0) is 42.0 Å². The monoisotopic (exact) mass is 387 g/mol. The first-order valence-corrected chi connectivity index (χ1v) is 8.25. The number of hydrogen-bond donors (Lipinski definition) is 1. The summed E-state index contributed by atoms with van der Waals surface area (Å²) in [6, 6.07) is 13.6. The van der Waals surface area contributed by atoms with Gasteiger partial charge in [0, 0.05) is 16.6 Å². The maximum Gasteiger partial charge on any atom is 0.247 e. The molecular formula is C17H14BrN3O3. The first kappa shape index (κ1) is 15.2. The molecule has 1 aromatic heterocycles. The molecule has 1 aliphatic heterocycles. The van der Waals surface area contributed by atoms with Crippen LogP contribution in [0.4, 0.5) is 0 Å². The number of benzene rings is 2. The molecule has 0 bridgehead atoms. The predicted octanol–water partition coefficient (Wildman–Crippen LogP) is 3.52. The summed E-state index contributed by atoms with van der Waals surface area (Å²) in [6.45, 7) is 1.46. The number of nitrogens with zero attached hydrogens (tertiary/aromatic N) is 2. The van der Waals surface area contributed by atoms with Crippen molar-refractivity contribution >= 4 is 15.9 Å². The normalized spacial score (nSPS) is 12.5. The second kappa shape index (κ2) is 6.62. The highest BCUT2D eigenvalue weighted by atomic mass is 79.9. The standard InChI is InChI=1S/C17H14BrN3O3/c18-13-4-2-12(3-5-13)17-21-20-16(24-17)9-19-8-11-1-6-14-15(7-11)23-10-22-14/h1-7,19H,8-10H2. The van der Waals surface area contributed by atoms with Gasteiger partial charge >= 0.3 is 0 Å². The summed E-state index contributed by atoms with van der Waals surface area (Å²) in [5, 5.41) is 11.4. The lowest BCUT2D eigenvalue weighted by atomic mass is 10.2. The maximum atomic E-state index is 5.68. The smallest absolute Gasteiger partial charge is 0.247 e. The van der Waals surface area contributed by atoms with Crippen LogP contribution in [0.5, 0.6) is 11.5 Å². The summed E-state index contributed by atoms with van der Waals surface area (Å²) < 4.78 is 17.4. The van der Waals surface area contributed by atoms with Crippen LogP contribution >= 0.6 is 15.9 Å². The molecule has 0 atom stereocenters. The average Bonchev–Trinajstić information content (AvgIpc) is 3.24. The van der Waals surface area contributed by atoms with E-state index in [0.717, 1.165) is 27.1 Å². The first-order chi connectivity index (χ1) is 11.8.